The van der Waals surface area contributed by atoms with Crippen molar-refractivity contribution in [3.8, 4) is 5.69 Å². The molecule has 7 heteroatoms. The van der Waals surface area contributed by atoms with E-state index in [0.29, 0.717) is 5.95 Å². The molecule has 140 valence electrons. The molecule has 1 aromatic heterocycles. The lowest BCUT2D eigenvalue weighted by Crippen LogP contribution is -2.40. The lowest BCUT2D eigenvalue weighted by atomic mass is 10.0. The van der Waals surface area contributed by atoms with Crippen LogP contribution in [-0.4, -0.2) is 58.0 Å². The summed E-state index contributed by atoms with van der Waals surface area (Å²) in [6.07, 6.45) is 0. The standard InChI is InChI=1S/C20H24N6O/c1-16-7-9-17(10-8-16)19(15-25-11-13-27-14-12-25)21-20-22-23-24-26(20)18-5-3-2-4-6-18/h2-10,19H,11-15H2,1H3,(H,21,22,24)/t19-/m0/s1. The van der Waals surface area contributed by atoms with Crippen LogP contribution in [-0.2, 0) is 4.74 Å². The fraction of sp³-hybridized carbons (Fsp3) is 0.350. The lowest BCUT2D eigenvalue weighted by molar-refractivity contribution is 0.0360. The number of anilines is 1. The van der Waals surface area contributed by atoms with E-state index in [-0.39, 0.29) is 6.04 Å². The van der Waals surface area contributed by atoms with Gasteiger partial charge in [0.1, 0.15) is 0 Å². The Bertz CT molecular complexity index is 842. The van der Waals surface area contributed by atoms with Gasteiger partial charge < -0.3 is 10.1 Å². The van der Waals surface area contributed by atoms with Crippen LogP contribution < -0.4 is 5.32 Å². The first-order valence-corrected chi connectivity index (χ1v) is 9.26. The van der Waals surface area contributed by atoms with Crippen molar-refractivity contribution in [2.75, 3.05) is 38.2 Å². The van der Waals surface area contributed by atoms with E-state index in [1.165, 1.54) is 11.1 Å². The number of hydrogen-bond acceptors (Lipinski definition) is 6. The van der Waals surface area contributed by atoms with Gasteiger partial charge in [0, 0.05) is 19.6 Å². The van der Waals surface area contributed by atoms with E-state index >= 15 is 0 Å². The molecule has 0 unspecified atom stereocenters. The maximum Gasteiger partial charge on any atom is 0.248 e. The molecule has 0 spiro atoms. The van der Waals surface area contributed by atoms with Crippen molar-refractivity contribution in [3.05, 3.63) is 65.7 Å². The van der Waals surface area contributed by atoms with E-state index in [9.17, 15) is 0 Å². The van der Waals surface area contributed by atoms with Gasteiger partial charge in [-0.15, -0.1) is 0 Å². The highest BCUT2D eigenvalue weighted by molar-refractivity contribution is 5.41. The summed E-state index contributed by atoms with van der Waals surface area (Å²) in [7, 11) is 0. The molecule has 0 bridgehead atoms. The van der Waals surface area contributed by atoms with E-state index in [1.807, 2.05) is 30.3 Å². The normalized spacial score (nSPS) is 16.2. The summed E-state index contributed by atoms with van der Waals surface area (Å²) in [6.45, 7) is 6.41. The van der Waals surface area contributed by atoms with E-state index in [4.69, 9.17) is 4.74 Å². The molecular formula is C20H24N6O. The largest absolute Gasteiger partial charge is 0.379 e. The second-order valence-electron chi connectivity index (χ2n) is 6.77. The number of rotatable bonds is 6. The van der Waals surface area contributed by atoms with Crippen molar-refractivity contribution < 1.29 is 4.74 Å². The quantitative estimate of drug-likeness (QED) is 0.725. The summed E-state index contributed by atoms with van der Waals surface area (Å²) in [4.78, 5) is 2.41. The molecule has 7 nitrogen and oxygen atoms in total. The monoisotopic (exact) mass is 364 g/mol. The van der Waals surface area contributed by atoms with Gasteiger partial charge in [0.2, 0.25) is 5.95 Å². The minimum absolute atomic E-state index is 0.0807. The number of nitrogens with zero attached hydrogens (tertiary/aromatic N) is 5. The van der Waals surface area contributed by atoms with Gasteiger partial charge in [-0.3, -0.25) is 4.90 Å². The third-order valence-electron chi connectivity index (χ3n) is 4.80. The predicted molar refractivity (Wildman–Crippen MR) is 104 cm³/mol. The van der Waals surface area contributed by atoms with Crippen LogP contribution in [0.3, 0.4) is 0 Å². The highest BCUT2D eigenvalue weighted by Gasteiger charge is 2.21. The third-order valence-corrected chi connectivity index (χ3v) is 4.80. The average Bonchev–Trinajstić information content (AvgIpc) is 3.18. The number of nitrogens with one attached hydrogen (secondary N) is 1. The molecule has 4 rings (SSSR count). The summed E-state index contributed by atoms with van der Waals surface area (Å²) in [5, 5.41) is 15.8. The number of para-hydroxylation sites is 1. The van der Waals surface area contributed by atoms with Crippen LogP contribution in [0, 0.1) is 6.92 Å². The third kappa shape index (κ3) is 4.32. The minimum atomic E-state index is 0.0807. The van der Waals surface area contributed by atoms with Crippen LogP contribution in [0.4, 0.5) is 5.95 Å². The molecule has 27 heavy (non-hydrogen) atoms. The Morgan fingerprint density at radius 1 is 1.04 bits per heavy atom. The Morgan fingerprint density at radius 3 is 2.52 bits per heavy atom. The molecule has 0 aliphatic carbocycles. The Balaban J connectivity index is 1.59. The molecule has 0 radical (unpaired) electrons. The van der Waals surface area contributed by atoms with Crippen LogP contribution in [0.1, 0.15) is 17.2 Å². The van der Waals surface area contributed by atoms with Gasteiger partial charge in [-0.05, 0) is 35.0 Å². The number of hydrogen-bond donors (Lipinski definition) is 1. The van der Waals surface area contributed by atoms with E-state index in [2.05, 4.69) is 56.9 Å². The van der Waals surface area contributed by atoms with Gasteiger partial charge in [-0.2, -0.15) is 4.68 Å². The van der Waals surface area contributed by atoms with Crippen molar-refractivity contribution >= 4 is 5.95 Å². The van der Waals surface area contributed by atoms with Crippen molar-refractivity contribution in [2.24, 2.45) is 0 Å². The molecule has 1 atom stereocenters. The molecule has 1 aliphatic rings. The molecule has 1 aliphatic heterocycles. The number of aromatic nitrogens is 4. The number of benzene rings is 2. The SMILES string of the molecule is Cc1ccc([C@H](CN2CCOCC2)Nc2nnnn2-c2ccccc2)cc1. The van der Waals surface area contributed by atoms with Crippen molar-refractivity contribution in [3.63, 3.8) is 0 Å². The van der Waals surface area contributed by atoms with Gasteiger partial charge >= 0.3 is 0 Å². The molecule has 1 saturated heterocycles. The lowest BCUT2D eigenvalue weighted by Gasteiger charge is -2.31. The number of morpholine rings is 1. The number of ether oxygens (including phenoxy) is 1. The summed E-state index contributed by atoms with van der Waals surface area (Å²) >= 11 is 0. The zero-order chi connectivity index (χ0) is 18.5. The van der Waals surface area contributed by atoms with Gasteiger partial charge in [-0.25, -0.2) is 0 Å². The van der Waals surface area contributed by atoms with Gasteiger partial charge in [0.05, 0.1) is 24.9 Å². The van der Waals surface area contributed by atoms with E-state index in [1.54, 1.807) is 4.68 Å². The summed E-state index contributed by atoms with van der Waals surface area (Å²) in [5.41, 5.74) is 3.40. The minimum Gasteiger partial charge on any atom is -0.379 e. The summed E-state index contributed by atoms with van der Waals surface area (Å²) in [5.74, 6) is 0.639. The number of tetrazole rings is 1. The molecular weight excluding hydrogens is 340 g/mol. The molecule has 1 fully saturated rings. The first-order valence-electron chi connectivity index (χ1n) is 9.26. The fourth-order valence-corrected chi connectivity index (χ4v) is 3.25. The highest BCUT2D eigenvalue weighted by Crippen LogP contribution is 2.22. The fourth-order valence-electron chi connectivity index (χ4n) is 3.25. The first-order chi connectivity index (χ1) is 13.3. The zero-order valence-electron chi connectivity index (χ0n) is 15.5. The molecule has 0 saturated carbocycles. The zero-order valence-corrected chi connectivity index (χ0v) is 15.5. The maximum absolute atomic E-state index is 5.49. The Labute approximate surface area is 159 Å². The van der Waals surface area contributed by atoms with E-state index < -0.39 is 0 Å². The second kappa shape index (κ2) is 8.28. The molecule has 2 heterocycles. The Hall–Kier alpha value is -2.77. The van der Waals surface area contributed by atoms with Crippen LogP contribution in [0.2, 0.25) is 0 Å². The highest BCUT2D eigenvalue weighted by atomic mass is 16.5. The molecule has 0 amide bonds. The molecule has 2 aromatic carbocycles. The summed E-state index contributed by atoms with van der Waals surface area (Å²) < 4.78 is 7.22. The van der Waals surface area contributed by atoms with Crippen molar-refractivity contribution in [1.29, 1.82) is 0 Å². The smallest absolute Gasteiger partial charge is 0.248 e. The van der Waals surface area contributed by atoms with Gasteiger partial charge in [0.15, 0.2) is 0 Å². The number of aryl methyl sites for hydroxylation is 1. The Morgan fingerprint density at radius 2 is 1.78 bits per heavy atom. The first kappa shape index (κ1) is 17.6. The van der Waals surface area contributed by atoms with E-state index in [0.717, 1.165) is 38.5 Å². The molecule has 3 aromatic rings. The van der Waals surface area contributed by atoms with Crippen molar-refractivity contribution in [2.45, 2.75) is 13.0 Å². The summed E-state index contributed by atoms with van der Waals surface area (Å²) in [6, 6.07) is 18.6. The molecule has 1 N–H and O–H groups in total. The maximum atomic E-state index is 5.49. The van der Waals surface area contributed by atoms with Crippen LogP contribution in [0.15, 0.2) is 54.6 Å². The topological polar surface area (TPSA) is 68.1 Å². The van der Waals surface area contributed by atoms with Crippen LogP contribution in [0.25, 0.3) is 5.69 Å². The average molecular weight is 364 g/mol. The van der Waals surface area contributed by atoms with Crippen molar-refractivity contribution in [1.82, 2.24) is 25.1 Å². The predicted octanol–water partition coefficient (Wildman–Crippen LogP) is 2.46. The van der Waals surface area contributed by atoms with Crippen LogP contribution in [0.5, 0.6) is 0 Å². The van der Waals surface area contributed by atoms with Crippen LogP contribution >= 0.6 is 0 Å². The Kier molecular flexibility index (Phi) is 5.41. The van der Waals surface area contributed by atoms with Gasteiger partial charge in [-0.1, -0.05) is 53.1 Å². The second-order valence-corrected chi connectivity index (χ2v) is 6.77. The van der Waals surface area contributed by atoms with Gasteiger partial charge in [0.25, 0.3) is 0 Å².